The van der Waals surface area contributed by atoms with Gasteiger partial charge in [0, 0.05) is 19.3 Å². The minimum absolute atomic E-state index is 0.179. The van der Waals surface area contributed by atoms with Crippen LogP contribution in [-0.2, 0) is 42.2 Å². The van der Waals surface area contributed by atoms with Crippen LogP contribution in [0, 0.1) is 0 Å². The fraction of sp³-hybridized carbons (Fsp3) is 0.953. The number of unbranched alkanes of at least 4 members (excludes halogenated alkanes) is 46. The van der Waals surface area contributed by atoms with E-state index in [1.165, 1.54) is 238 Å². The topological polar surface area (TPSA) is 155 Å². The van der Waals surface area contributed by atoms with E-state index in [0.717, 1.165) is 57.8 Å². The summed E-state index contributed by atoms with van der Waals surface area (Å²) in [6, 6.07) is 0. The first kappa shape index (κ1) is 74.5. The highest BCUT2D eigenvalue weighted by Gasteiger charge is 2.28. The molecule has 2 N–H and O–H groups in total. The van der Waals surface area contributed by atoms with Crippen molar-refractivity contribution < 1.29 is 52.2 Å². The van der Waals surface area contributed by atoms with Crippen LogP contribution in [0.25, 0.3) is 0 Å². The predicted octanol–water partition coefficient (Wildman–Crippen LogP) is 19.8. The van der Waals surface area contributed by atoms with Gasteiger partial charge >= 0.3 is 25.7 Å². The second kappa shape index (κ2) is 59.6. The van der Waals surface area contributed by atoms with E-state index in [4.69, 9.17) is 23.3 Å². The van der Waals surface area contributed by atoms with Crippen molar-refractivity contribution in [2.24, 2.45) is 0 Å². The largest absolute Gasteiger partial charge is 0.472 e. The summed E-state index contributed by atoms with van der Waals surface area (Å²) >= 11 is 0. The average molecular weight is 1100 g/mol. The number of esters is 3. The van der Waals surface area contributed by atoms with Crippen molar-refractivity contribution in [1.82, 2.24) is 0 Å². The Labute approximate surface area is 469 Å². The van der Waals surface area contributed by atoms with Gasteiger partial charge in [0.2, 0.25) is 0 Å². The Kier molecular flexibility index (Phi) is 58.4. The maximum Gasteiger partial charge on any atom is 0.472 e. The van der Waals surface area contributed by atoms with Gasteiger partial charge in [0.25, 0.3) is 0 Å². The highest BCUT2D eigenvalue weighted by Crippen LogP contribution is 2.43. The van der Waals surface area contributed by atoms with E-state index in [0.29, 0.717) is 19.3 Å². The Morgan fingerprint density at radius 1 is 0.316 bits per heavy atom. The molecule has 0 bridgehead atoms. The first-order valence-electron chi connectivity index (χ1n) is 32.9. The zero-order chi connectivity index (χ0) is 55.5. The molecule has 452 valence electrons. The molecule has 0 fully saturated rings. The first-order chi connectivity index (χ1) is 37.2. The molecule has 0 aromatic heterocycles. The Morgan fingerprint density at radius 3 is 0.776 bits per heavy atom. The van der Waals surface area contributed by atoms with E-state index >= 15 is 0 Å². The summed E-state index contributed by atoms with van der Waals surface area (Å²) < 4.78 is 39.7. The summed E-state index contributed by atoms with van der Waals surface area (Å²) in [6.07, 6.45) is 59.2. The molecule has 0 spiro atoms. The monoisotopic (exact) mass is 1100 g/mol. The number of hydrogen-bond donors (Lipinski definition) is 2. The molecule has 0 radical (unpaired) electrons. The first-order valence-corrected chi connectivity index (χ1v) is 34.4. The summed E-state index contributed by atoms with van der Waals surface area (Å²) in [5.41, 5.74) is 0. The van der Waals surface area contributed by atoms with E-state index in [1.807, 2.05) is 0 Å². The average Bonchev–Trinajstić information content (AvgIpc) is 3.41. The zero-order valence-electron chi connectivity index (χ0n) is 50.3. The van der Waals surface area contributed by atoms with Gasteiger partial charge in [-0.2, -0.15) is 0 Å². The number of aliphatic hydroxyl groups is 1. The Hall–Kier alpha value is -1.52. The van der Waals surface area contributed by atoms with E-state index in [-0.39, 0.29) is 25.9 Å². The number of ether oxygens (including phenoxy) is 3. The highest BCUT2D eigenvalue weighted by molar-refractivity contribution is 7.47. The smallest absolute Gasteiger partial charge is 0.462 e. The lowest BCUT2D eigenvalue weighted by atomic mass is 10.0. The van der Waals surface area contributed by atoms with Gasteiger partial charge in [0.1, 0.15) is 12.7 Å². The molecule has 0 amide bonds. The maximum absolute atomic E-state index is 12.9. The van der Waals surface area contributed by atoms with Crippen LogP contribution in [0.1, 0.15) is 355 Å². The molecular formula is C64H125O11P. The number of aliphatic hydroxyl groups excluding tert-OH is 1. The van der Waals surface area contributed by atoms with E-state index < -0.39 is 57.8 Å². The van der Waals surface area contributed by atoms with Gasteiger partial charge in [-0.25, -0.2) is 4.57 Å². The van der Waals surface area contributed by atoms with Crippen molar-refractivity contribution in [3.63, 3.8) is 0 Å². The van der Waals surface area contributed by atoms with Gasteiger partial charge in [-0.15, -0.1) is 0 Å². The Balaban J connectivity index is 4.53. The van der Waals surface area contributed by atoms with Crippen LogP contribution >= 0.6 is 7.82 Å². The lowest BCUT2D eigenvalue weighted by Crippen LogP contribution is -2.30. The Morgan fingerprint density at radius 2 is 0.526 bits per heavy atom. The van der Waals surface area contributed by atoms with Crippen LogP contribution in [-0.4, -0.2) is 66.5 Å². The Bertz CT molecular complexity index is 1280. The second-order valence-corrected chi connectivity index (χ2v) is 24.1. The van der Waals surface area contributed by atoms with E-state index in [9.17, 15) is 28.9 Å². The molecule has 11 nitrogen and oxygen atoms in total. The molecule has 0 heterocycles. The molecule has 0 aromatic carbocycles. The third-order valence-electron chi connectivity index (χ3n) is 15.0. The molecule has 0 aliphatic heterocycles. The van der Waals surface area contributed by atoms with Crippen molar-refractivity contribution >= 4 is 25.7 Å². The standard InChI is InChI=1S/C64H125O11P/c1-4-7-10-13-16-19-22-24-26-28-30-32-34-36-39-42-45-48-51-54-63(67)74-60(56-65)58-72-76(69,70)73-59-61(57-71-62(66)53-50-47-44-41-38-21-18-15-12-9-6-3)75-64(68)55-52-49-46-43-40-37-35-33-31-29-27-25-23-20-17-14-11-8-5-2/h60-61,65H,4-59H2,1-3H3,(H,69,70). The number of carbonyl (C=O) groups is 3. The number of carbonyl (C=O) groups excluding carboxylic acids is 3. The molecule has 3 atom stereocenters. The highest BCUT2D eigenvalue weighted by atomic mass is 31.2. The molecule has 12 heteroatoms. The molecule has 0 aliphatic carbocycles. The number of hydrogen-bond acceptors (Lipinski definition) is 10. The van der Waals surface area contributed by atoms with Gasteiger partial charge in [-0.3, -0.25) is 23.4 Å². The lowest BCUT2D eigenvalue weighted by molar-refractivity contribution is -0.161. The molecular weight excluding hydrogens is 976 g/mol. The van der Waals surface area contributed by atoms with Crippen molar-refractivity contribution in [1.29, 1.82) is 0 Å². The summed E-state index contributed by atoms with van der Waals surface area (Å²) in [4.78, 5) is 48.7. The molecule has 3 unspecified atom stereocenters. The van der Waals surface area contributed by atoms with E-state index in [2.05, 4.69) is 20.8 Å². The molecule has 0 aromatic rings. The van der Waals surface area contributed by atoms with Crippen LogP contribution in [0.5, 0.6) is 0 Å². The van der Waals surface area contributed by atoms with Crippen molar-refractivity contribution in [2.45, 2.75) is 367 Å². The summed E-state index contributed by atoms with van der Waals surface area (Å²) in [7, 11) is -4.74. The van der Waals surface area contributed by atoms with Gasteiger partial charge in [0.15, 0.2) is 6.10 Å². The van der Waals surface area contributed by atoms with Gasteiger partial charge in [0.05, 0.1) is 19.8 Å². The fourth-order valence-electron chi connectivity index (χ4n) is 10.0. The second-order valence-electron chi connectivity index (χ2n) is 22.7. The normalized spacial score (nSPS) is 13.2. The molecule has 0 saturated carbocycles. The van der Waals surface area contributed by atoms with Crippen LogP contribution in [0.4, 0.5) is 0 Å². The quantitative estimate of drug-likeness (QED) is 0.0259. The summed E-state index contributed by atoms with van der Waals surface area (Å²) in [6.45, 7) is 4.74. The SMILES string of the molecule is CCCCCCCCCCCCCCCCCCCCCC(=O)OC(CO)COP(=O)(O)OCC(COC(=O)CCCCCCCCCCCCC)OC(=O)CCCCCCCCCCCCCCCCCCCCC. The van der Waals surface area contributed by atoms with Crippen LogP contribution < -0.4 is 0 Å². The summed E-state index contributed by atoms with van der Waals surface area (Å²) in [5.74, 6) is -1.42. The van der Waals surface area contributed by atoms with Gasteiger partial charge in [-0.1, -0.05) is 316 Å². The fourth-order valence-corrected chi connectivity index (χ4v) is 10.8. The minimum Gasteiger partial charge on any atom is -0.462 e. The number of rotatable bonds is 63. The number of phosphoric ester groups is 1. The molecule has 0 aliphatic rings. The van der Waals surface area contributed by atoms with Gasteiger partial charge in [-0.05, 0) is 19.3 Å². The lowest BCUT2D eigenvalue weighted by Gasteiger charge is -2.21. The van der Waals surface area contributed by atoms with Crippen molar-refractivity contribution in [3.8, 4) is 0 Å². The summed E-state index contributed by atoms with van der Waals surface area (Å²) in [5, 5.41) is 9.85. The number of phosphoric acid groups is 1. The van der Waals surface area contributed by atoms with Crippen LogP contribution in [0.15, 0.2) is 0 Å². The van der Waals surface area contributed by atoms with Crippen LogP contribution in [0.2, 0.25) is 0 Å². The van der Waals surface area contributed by atoms with Crippen molar-refractivity contribution in [3.05, 3.63) is 0 Å². The minimum atomic E-state index is -4.74. The molecule has 0 rings (SSSR count). The predicted molar refractivity (Wildman–Crippen MR) is 317 cm³/mol. The third-order valence-corrected chi connectivity index (χ3v) is 16.0. The molecule has 76 heavy (non-hydrogen) atoms. The van der Waals surface area contributed by atoms with E-state index in [1.54, 1.807) is 0 Å². The molecule has 0 saturated heterocycles. The van der Waals surface area contributed by atoms with Gasteiger partial charge < -0.3 is 24.2 Å². The van der Waals surface area contributed by atoms with Crippen molar-refractivity contribution in [2.75, 3.05) is 26.4 Å². The van der Waals surface area contributed by atoms with Crippen LogP contribution in [0.3, 0.4) is 0 Å². The zero-order valence-corrected chi connectivity index (χ0v) is 51.2. The maximum atomic E-state index is 12.9. The third kappa shape index (κ3) is 57.2.